The van der Waals surface area contributed by atoms with Gasteiger partial charge < -0.3 is 20.9 Å². The fourth-order valence-corrected chi connectivity index (χ4v) is 2.40. The molecule has 2 aromatic rings. The molecule has 0 unspecified atom stereocenters. The number of nitrogen functional groups attached to an aromatic ring is 1. The van der Waals surface area contributed by atoms with Gasteiger partial charge in [-0.3, -0.25) is 9.59 Å². The minimum absolute atomic E-state index is 0.0164. The van der Waals surface area contributed by atoms with Crippen molar-refractivity contribution in [3.8, 4) is 0 Å². The summed E-state index contributed by atoms with van der Waals surface area (Å²) in [6, 6.07) is 10.9. The molecule has 0 aromatic heterocycles. The number of hydrogen-bond acceptors (Lipinski definition) is 6. The number of carboxylic acid groups (broad SMARTS) is 1. The van der Waals surface area contributed by atoms with E-state index in [1.165, 1.54) is 12.1 Å². The molecular weight excluding hydrogens is 372 g/mol. The number of nitrogens with one attached hydrogen (secondary N) is 1. The molecule has 0 amide bonds. The summed E-state index contributed by atoms with van der Waals surface area (Å²) in [5.41, 5.74) is 7.39. The molecule has 27 heavy (non-hydrogen) atoms. The van der Waals surface area contributed by atoms with Crippen molar-refractivity contribution in [2.45, 2.75) is 13.0 Å². The van der Waals surface area contributed by atoms with Crippen LogP contribution in [0.25, 0.3) is 0 Å². The second kappa shape index (κ2) is 9.70. The van der Waals surface area contributed by atoms with Crippen LogP contribution >= 0.6 is 11.6 Å². The van der Waals surface area contributed by atoms with Gasteiger partial charge in [-0.25, -0.2) is 4.79 Å². The Hall–Kier alpha value is -2.90. The molecule has 0 saturated heterocycles. The Bertz CT molecular complexity index is 836. The van der Waals surface area contributed by atoms with E-state index >= 15 is 0 Å². The smallest absolute Gasteiger partial charge is 0.335 e. The zero-order valence-electron chi connectivity index (χ0n) is 14.4. The van der Waals surface area contributed by atoms with Gasteiger partial charge >= 0.3 is 11.9 Å². The highest BCUT2D eigenvalue weighted by atomic mass is 35.5. The van der Waals surface area contributed by atoms with Crippen LogP contribution in [0.2, 0.25) is 5.02 Å². The number of anilines is 1. The number of nitrogens with two attached hydrogens (primary N) is 1. The fraction of sp³-hybridized carbons (Fsp3) is 0.211. The first-order valence-corrected chi connectivity index (χ1v) is 8.51. The Morgan fingerprint density at radius 3 is 2.37 bits per heavy atom. The summed E-state index contributed by atoms with van der Waals surface area (Å²) < 4.78 is 5.02. The quantitative estimate of drug-likeness (QED) is 0.342. The Morgan fingerprint density at radius 2 is 1.74 bits per heavy atom. The molecule has 0 aliphatic carbocycles. The number of benzene rings is 2. The molecule has 2 aromatic carbocycles. The van der Waals surface area contributed by atoms with Gasteiger partial charge in [-0.05, 0) is 42.0 Å². The molecule has 0 radical (unpaired) electrons. The van der Waals surface area contributed by atoms with Crippen LogP contribution in [-0.4, -0.2) is 36.0 Å². The molecule has 0 heterocycles. The number of hydrogen-bond donors (Lipinski definition) is 3. The summed E-state index contributed by atoms with van der Waals surface area (Å²) in [5.74, 6) is -1.70. The lowest BCUT2D eigenvalue weighted by atomic mass is 10.1. The van der Waals surface area contributed by atoms with Crippen LogP contribution in [0.15, 0.2) is 42.5 Å². The van der Waals surface area contributed by atoms with Gasteiger partial charge in [0.1, 0.15) is 0 Å². The number of Topliss-reactive ketones (excluding diaryl/α,β-unsaturated/α-hetero) is 1. The molecule has 7 nitrogen and oxygen atoms in total. The van der Waals surface area contributed by atoms with E-state index in [0.717, 1.165) is 0 Å². The van der Waals surface area contributed by atoms with Crippen molar-refractivity contribution in [2.75, 3.05) is 18.9 Å². The summed E-state index contributed by atoms with van der Waals surface area (Å²) >= 11 is 5.76. The van der Waals surface area contributed by atoms with Gasteiger partial charge in [0, 0.05) is 29.2 Å². The lowest BCUT2D eigenvalue weighted by Crippen LogP contribution is -2.25. The van der Waals surface area contributed by atoms with Crippen LogP contribution in [0.1, 0.15) is 32.7 Å². The van der Waals surface area contributed by atoms with E-state index in [0.29, 0.717) is 21.8 Å². The van der Waals surface area contributed by atoms with Gasteiger partial charge in [-0.15, -0.1) is 0 Å². The first kappa shape index (κ1) is 20.4. The lowest BCUT2D eigenvalue weighted by molar-refractivity contribution is -0.142. The molecule has 0 bridgehead atoms. The van der Waals surface area contributed by atoms with Crippen LogP contribution in [0, 0.1) is 0 Å². The van der Waals surface area contributed by atoms with Gasteiger partial charge in [0.05, 0.1) is 18.7 Å². The first-order valence-electron chi connectivity index (χ1n) is 8.13. The number of ketones is 1. The summed E-state index contributed by atoms with van der Waals surface area (Å²) in [6.07, 6.45) is 0.0803. The van der Waals surface area contributed by atoms with Crippen molar-refractivity contribution in [2.24, 2.45) is 0 Å². The van der Waals surface area contributed by atoms with Gasteiger partial charge in [0.15, 0.2) is 5.78 Å². The molecule has 0 saturated carbocycles. The van der Waals surface area contributed by atoms with E-state index in [2.05, 4.69) is 5.32 Å². The molecular formula is C19H19ClN2O5. The Balaban J connectivity index is 1.70. The van der Waals surface area contributed by atoms with E-state index in [9.17, 15) is 14.4 Å². The van der Waals surface area contributed by atoms with Crippen LogP contribution < -0.4 is 11.1 Å². The SMILES string of the molecule is Nc1cc(C(=O)O)ccc1CNCC(=O)OCCC(=O)c1ccc(Cl)cc1. The monoisotopic (exact) mass is 390 g/mol. The number of halogens is 1. The van der Waals surface area contributed by atoms with Crippen molar-refractivity contribution < 1.29 is 24.2 Å². The third-order valence-electron chi connectivity index (χ3n) is 3.74. The molecule has 0 aliphatic heterocycles. The molecule has 142 valence electrons. The van der Waals surface area contributed by atoms with E-state index in [1.54, 1.807) is 30.3 Å². The standard InChI is InChI=1S/C19H19ClN2O5/c20-15-5-3-12(4-6-15)17(23)7-8-27-18(24)11-22-10-14-2-1-13(19(25)26)9-16(14)21/h1-6,9,22H,7-8,10-11,21H2,(H,25,26). The lowest BCUT2D eigenvalue weighted by Gasteiger charge is -2.09. The molecule has 0 spiro atoms. The zero-order valence-corrected chi connectivity index (χ0v) is 15.2. The maximum atomic E-state index is 11.9. The third kappa shape index (κ3) is 6.40. The highest BCUT2D eigenvalue weighted by Crippen LogP contribution is 2.14. The average Bonchev–Trinajstić information content (AvgIpc) is 2.63. The van der Waals surface area contributed by atoms with Crippen LogP contribution in [0.4, 0.5) is 5.69 Å². The van der Waals surface area contributed by atoms with E-state index < -0.39 is 11.9 Å². The second-order valence-electron chi connectivity index (χ2n) is 5.72. The number of rotatable bonds is 9. The molecule has 2 rings (SSSR count). The molecule has 0 aliphatic rings. The summed E-state index contributed by atoms with van der Waals surface area (Å²) in [5, 5.41) is 12.3. The molecule has 0 atom stereocenters. The maximum absolute atomic E-state index is 11.9. The first-order chi connectivity index (χ1) is 12.9. The van der Waals surface area contributed by atoms with Crippen molar-refractivity contribution in [3.63, 3.8) is 0 Å². The fourth-order valence-electron chi connectivity index (χ4n) is 2.28. The number of aromatic carboxylic acids is 1. The topological polar surface area (TPSA) is 119 Å². The summed E-state index contributed by atoms with van der Waals surface area (Å²) in [7, 11) is 0. The van der Waals surface area contributed by atoms with Gasteiger partial charge in [-0.1, -0.05) is 17.7 Å². The van der Waals surface area contributed by atoms with Crippen LogP contribution in [0.5, 0.6) is 0 Å². The molecule has 8 heteroatoms. The normalized spacial score (nSPS) is 10.4. The maximum Gasteiger partial charge on any atom is 0.335 e. The van der Waals surface area contributed by atoms with E-state index in [1.807, 2.05) is 0 Å². The van der Waals surface area contributed by atoms with Crippen molar-refractivity contribution in [1.29, 1.82) is 0 Å². The van der Waals surface area contributed by atoms with Gasteiger partial charge in [-0.2, -0.15) is 0 Å². The summed E-state index contributed by atoms with van der Waals surface area (Å²) in [4.78, 5) is 34.5. The predicted molar refractivity (Wildman–Crippen MR) is 101 cm³/mol. The second-order valence-corrected chi connectivity index (χ2v) is 6.16. The highest BCUT2D eigenvalue weighted by Gasteiger charge is 2.09. The van der Waals surface area contributed by atoms with Crippen molar-refractivity contribution in [1.82, 2.24) is 5.32 Å². The Labute approximate surface area is 161 Å². The number of ether oxygens (including phenoxy) is 1. The molecule has 4 N–H and O–H groups in total. The minimum Gasteiger partial charge on any atom is -0.478 e. The predicted octanol–water partition coefficient (Wildman–Crippen LogP) is 2.53. The summed E-state index contributed by atoms with van der Waals surface area (Å²) in [6.45, 7) is 0.206. The number of carboxylic acids is 1. The third-order valence-corrected chi connectivity index (χ3v) is 3.99. The van der Waals surface area contributed by atoms with Crippen molar-refractivity contribution in [3.05, 3.63) is 64.2 Å². The number of esters is 1. The Morgan fingerprint density at radius 1 is 1.07 bits per heavy atom. The van der Waals surface area contributed by atoms with Crippen molar-refractivity contribution >= 4 is 35.0 Å². The van der Waals surface area contributed by atoms with Gasteiger partial charge in [0.2, 0.25) is 0 Å². The van der Waals surface area contributed by atoms with E-state index in [4.69, 9.17) is 27.2 Å². The number of carbonyl (C=O) groups is 3. The highest BCUT2D eigenvalue weighted by molar-refractivity contribution is 6.30. The minimum atomic E-state index is -1.06. The zero-order chi connectivity index (χ0) is 19.8. The van der Waals surface area contributed by atoms with Gasteiger partial charge in [0.25, 0.3) is 0 Å². The number of carbonyl (C=O) groups excluding carboxylic acids is 2. The average molecular weight is 391 g/mol. The molecule has 0 fully saturated rings. The Kier molecular flexibility index (Phi) is 7.34. The van der Waals surface area contributed by atoms with Crippen LogP contribution in [-0.2, 0) is 16.1 Å². The largest absolute Gasteiger partial charge is 0.478 e. The van der Waals surface area contributed by atoms with E-state index in [-0.39, 0.29) is 37.5 Å². The van der Waals surface area contributed by atoms with Crippen LogP contribution in [0.3, 0.4) is 0 Å².